The van der Waals surface area contributed by atoms with Crippen LogP contribution >= 0.6 is 0 Å². The number of carbonyl (C=O) groups is 2. The lowest BCUT2D eigenvalue weighted by Gasteiger charge is -2.14. The molecule has 0 bridgehead atoms. The van der Waals surface area contributed by atoms with Crippen molar-refractivity contribution in [2.24, 2.45) is 0 Å². The van der Waals surface area contributed by atoms with Crippen molar-refractivity contribution in [1.29, 1.82) is 0 Å². The van der Waals surface area contributed by atoms with E-state index >= 15 is 0 Å². The van der Waals surface area contributed by atoms with Gasteiger partial charge in [0.2, 0.25) is 0 Å². The summed E-state index contributed by atoms with van der Waals surface area (Å²) >= 11 is 0. The van der Waals surface area contributed by atoms with Gasteiger partial charge < -0.3 is 19.5 Å². The first kappa shape index (κ1) is 22.1. The highest BCUT2D eigenvalue weighted by Crippen LogP contribution is 2.44. The molecule has 0 radical (unpaired) electrons. The van der Waals surface area contributed by atoms with Gasteiger partial charge in [0.25, 0.3) is 0 Å². The summed E-state index contributed by atoms with van der Waals surface area (Å²) in [5, 5.41) is 2.74. The fraction of sp³-hybridized carbons (Fsp3) is 0.185. The number of methoxy groups -OCH3 is 2. The standard InChI is InChI=1S/C27H25NO5/c1-31-25-14-18(16-29)15-26(32-2)23(25)12-7-13-28-27(30)33-17-24-21-10-5-3-8-19(21)20-9-4-6-11-22(20)24/h3-12,14-16,24H,13,17H2,1-2H3,(H,28,30). The second-order valence-corrected chi connectivity index (χ2v) is 7.57. The Hall–Kier alpha value is -4.06. The molecular formula is C27H25NO5. The van der Waals surface area contributed by atoms with Gasteiger partial charge >= 0.3 is 6.09 Å². The van der Waals surface area contributed by atoms with E-state index in [9.17, 15) is 9.59 Å². The van der Waals surface area contributed by atoms with Gasteiger partial charge in [-0.1, -0.05) is 54.6 Å². The molecule has 6 nitrogen and oxygen atoms in total. The lowest BCUT2D eigenvalue weighted by molar-refractivity contribution is 0.112. The van der Waals surface area contributed by atoms with Crippen molar-refractivity contribution in [3.63, 3.8) is 0 Å². The predicted molar refractivity (Wildman–Crippen MR) is 127 cm³/mol. The molecule has 3 aromatic rings. The van der Waals surface area contributed by atoms with E-state index < -0.39 is 6.09 Å². The van der Waals surface area contributed by atoms with Gasteiger partial charge in [-0.2, -0.15) is 0 Å². The first-order valence-corrected chi connectivity index (χ1v) is 10.6. The van der Waals surface area contributed by atoms with Crippen molar-refractivity contribution < 1.29 is 23.8 Å². The number of alkyl carbamates (subject to hydrolysis) is 1. The number of rotatable bonds is 8. The molecule has 0 unspecified atom stereocenters. The minimum Gasteiger partial charge on any atom is -0.496 e. The molecule has 1 aliphatic carbocycles. The third kappa shape index (κ3) is 4.60. The number of fused-ring (bicyclic) bond motifs is 3. The zero-order chi connectivity index (χ0) is 23.2. The van der Waals surface area contributed by atoms with Crippen LogP contribution in [0.25, 0.3) is 17.2 Å². The molecule has 0 aromatic heterocycles. The number of hydrogen-bond donors (Lipinski definition) is 1. The number of ether oxygens (including phenoxy) is 3. The number of carbonyl (C=O) groups excluding carboxylic acids is 2. The number of aldehydes is 1. The zero-order valence-electron chi connectivity index (χ0n) is 18.5. The van der Waals surface area contributed by atoms with Crippen LogP contribution in [0, 0.1) is 0 Å². The maximum absolute atomic E-state index is 12.3. The highest BCUT2D eigenvalue weighted by Gasteiger charge is 2.28. The molecule has 0 aliphatic heterocycles. The molecule has 168 valence electrons. The van der Waals surface area contributed by atoms with E-state index in [1.54, 1.807) is 24.3 Å². The minimum atomic E-state index is -0.489. The normalized spacial score (nSPS) is 12.2. The Morgan fingerprint density at radius 2 is 1.52 bits per heavy atom. The number of nitrogens with one attached hydrogen (secondary N) is 1. The summed E-state index contributed by atoms with van der Waals surface area (Å²) in [6.45, 7) is 0.525. The molecule has 33 heavy (non-hydrogen) atoms. The Bertz CT molecular complexity index is 1130. The Balaban J connectivity index is 1.37. The van der Waals surface area contributed by atoms with Crippen molar-refractivity contribution >= 4 is 18.5 Å². The van der Waals surface area contributed by atoms with Gasteiger partial charge in [0.05, 0.1) is 19.8 Å². The van der Waals surface area contributed by atoms with Crippen molar-refractivity contribution in [1.82, 2.24) is 5.32 Å². The van der Waals surface area contributed by atoms with Gasteiger partial charge in [0.15, 0.2) is 0 Å². The first-order valence-electron chi connectivity index (χ1n) is 10.6. The van der Waals surface area contributed by atoms with Crippen LogP contribution in [0.2, 0.25) is 0 Å². The van der Waals surface area contributed by atoms with Crippen LogP contribution < -0.4 is 14.8 Å². The molecule has 0 spiro atoms. The van der Waals surface area contributed by atoms with Crippen LogP contribution in [0.5, 0.6) is 11.5 Å². The third-order valence-corrected chi connectivity index (χ3v) is 5.69. The van der Waals surface area contributed by atoms with E-state index in [0.717, 1.165) is 6.29 Å². The summed E-state index contributed by atoms with van der Waals surface area (Å²) in [6, 6.07) is 19.7. The van der Waals surface area contributed by atoms with Crippen molar-refractivity contribution in [2.45, 2.75) is 5.92 Å². The molecule has 0 heterocycles. The summed E-state index contributed by atoms with van der Waals surface area (Å²) in [6.07, 6.45) is 3.78. The van der Waals surface area contributed by atoms with Crippen LogP contribution in [-0.4, -0.2) is 39.8 Å². The van der Waals surface area contributed by atoms with E-state index in [1.165, 1.54) is 36.5 Å². The van der Waals surface area contributed by atoms with Crippen LogP contribution in [0.3, 0.4) is 0 Å². The number of benzene rings is 3. The minimum absolute atomic E-state index is 0.0172. The van der Waals surface area contributed by atoms with Crippen LogP contribution in [0.15, 0.2) is 66.7 Å². The lowest BCUT2D eigenvalue weighted by atomic mass is 9.98. The average molecular weight is 443 g/mol. The van der Waals surface area contributed by atoms with Crippen molar-refractivity contribution in [3.8, 4) is 22.6 Å². The molecule has 0 saturated carbocycles. The molecule has 6 heteroatoms. The van der Waals surface area contributed by atoms with Crippen molar-refractivity contribution in [3.05, 3.63) is 89.0 Å². The second-order valence-electron chi connectivity index (χ2n) is 7.57. The zero-order valence-corrected chi connectivity index (χ0v) is 18.5. The largest absolute Gasteiger partial charge is 0.496 e. The molecule has 1 N–H and O–H groups in total. The first-order chi connectivity index (χ1) is 16.2. The fourth-order valence-corrected chi connectivity index (χ4v) is 4.16. The number of hydrogen-bond acceptors (Lipinski definition) is 5. The van der Waals surface area contributed by atoms with E-state index in [-0.39, 0.29) is 19.1 Å². The van der Waals surface area contributed by atoms with Crippen LogP contribution in [0.4, 0.5) is 4.79 Å². The summed E-state index contributed by atoms with van der Waals surface area (Å²) < 4.78 is 16.3. The lowest BCUT2D eigenvalue weighted by Crippen LogP contribution is -2.26. The fourth-order valence-electron chi connectivity index (χ4n) is 4.16. The monoisotopic (exact) mass is 443 g/mol. The van der Waals surface area contributed by atoms with Gasteiger partial charge in [-0.25, -0.2) is 4.79 Å². The molecule has 0 fully saturated rings. The second kappa shape index (κ2) is 10.0. The van der Waals surface area contributed by atoms with E-state index in [4.69, 9.17) is 14.2 Å². The summed E-state index contributed by atoms with van der Waals surface area (Å²) in [7, 11) is 3.05. The predicted octanol–water partition coefficient (Wildman–Crippen LogP) is 5.07. The summed E-state index contributed by atoms with van der Waals surface area (Å²) in [4.78, 5) is 23.4. The maximum atomic E-state index is 12.3. The van der Waals surface area contributed by atoms with Gasteiger partial charge in [-0.15, -0.1) is 0 Å². The van der Waals surface area contributed by atoms with Crippen molar-refractivity contribution in [2.75, 3.05) is 27.4 Å². The quantitative estimate of drug-likeness (QED) is 0.492. The van der Waals surface area contributed by atoms with Gasteiger partial charge in [0, 0.05) is 18.0 Å². The molecule has 4 rings (SSSR count). The SMILES string of the molecule is COc1cc(C=O)cc(OC)c1C=CCNC(=O)OCC1c2ccccc2-c2ccccc21. The topological polar surface area (TPSA) is 73.9 Å². The molecule has 1 amide bonds. The third-order valence-electron chi connectivity index (χ3n) is 5.69. The van der Waals surface area contributed by atoms with Crippen LogP contribution in [0.1, 0.15) is 33.0 Å². The highest BCUT2D eigenvalue weighted by molar-refractivity contribution is 5.80. The molecule has 1 aliphatic rings. The molecule has 3 aromatic carbocycles. The molecule has 0 saturated heterocycles. The van der Waals surface area contributed by atoms with E-state index in [0.29, 0.717) is 22.6 Å². The van der Waals surface area contributed by atoms with Gasteiger partial charge in [0.1, 0.15) is 24.4 Å². The van der Waals surface area contributed by atoms with E-state index in [1.807, 2.05) is 24.3 Å². The molecule has 0 atom stereocenters. The Morgan fingerprint density at radius 1 is 0.939 bits per heavy atom. The summed E-state index contributed by atoms with van der Waals surface area (Å²) in [5.41, 5.74) is 5.85. The van der Waals surface area contributed by atoms with Gasteiger partial charge in [-0.05, 0) is 40.5 Å². The maximum Gasteiger partial charge on any atom is 0.407 e. The Labute approximate surface area is 192 Å². The Morgan fingerprint density at radius 3 is 2.06 bits per heavy atom. The average Bonchev–Trinajstić information content (AvgIpc) is 3.18. The van der Waals surface area contributed by atoms with Gasteiger partial charge in [-0.3, -0.25) is 4.79 Å². The van der Waals surface area contributed by atoms with E-state index in [2.05, 4.69) is 29.6 Å². The summed E-state index contributed by atoms with van der Waals surface area (Å²) in [5.74, 6) is 1.03. The highest BCUT2D eigenvalue weighted by atomic mass is 16.5. The molecular weight excluding hydrogens is 418 g/mol. The number of amides is 1. The van der Waals surface area contributed by atoms with Crippen LogP contribution in [-0.2, 0) is 4.74 Å². The Kier molecular flexibility index (Phi) is 6.74. The smallest absolute Gasteiger partial charge is 0.407 e.